The predicted octanol–water partition coefficient (Wildman–Crippen LogP) is 6.64. The fraction of sp³-hybridized carbons (Fsp3) is 0.111. The number of ether oxygens (including phenoxy) is 2. The van der Waals surface area contributed by atoms with Crippen molar-refractivity contribution in [2.75, 3.05) is 20.9 Å². The minimum Gasteiger partial charge on any atom is -0.496 e. The molecule has 0 bridgehead atoms. The third kappa shape index (κ3) is 8.16. The minimum absolute atomic E-state index is 0.915. The highest BCUT2D eigenvalue weighted by molar-refractivity contribution is 7.44. The molecule has 0 amide bonds. The standard InChI is InChI=1S/2C13H12O.CH5O2P/c2*1-14-13-10-6-5-9-12(13)11-7-3-2-4-8-11;1-4(2)3/h2*2-10H,1H3;2-3H,1H3. The van der Waals surface area contributed by atoms with Gasteiger partial charge in [-0.05, 0) is 23.3 Å². The van der Waals surface area contributed by atoms with Gasteiger partial charge in [-0.2, -0.15) is 0 Å². The first-order valence-corrected chi connectivity index (χ1v) is 11.7. The van der Waals surface area contributed by atoms with Crippen LogP contribution < -0.4 is 9.47 Å². The van der Waals surface area contributed by atoms with Crippen molar-refractivity contribution in [2.45, 2.75) is 0 Å². The van der Waals surface area contributed by atoms with E-state index in [1.165, 1.54) is 17.8 Å². The van der Waals surface area contributed by atoms with E-state index in [2.05, 4.69) is 36.4 Å². The molecule has 0 saturated heterocycles. The summed E-state index contributed by atoms with van der Waals surface area (Å²) in [5.41, 5.74) is 4.64. The molecule has 0 spiro atoms. The first-order chi connectivity index (χ1) is 15.6. The second-order valence-corrected chi connectivity index (χ2v) is 7.60. The quantitative estimate of drug-likeness (QED) is 0.344. The smallest absolute Gasteiger partial charge is 0.161 e. The molecule has 4 aromatic carbocycles. The van der Waals surface area contributed by atoms with Crippen molar-refractivity contribution in [1.82, 2.24) is 0 Å². The molecule has 0 aromatic heterocycles. The van der Waals surface area contributed by atoms with E-state index in [-0.39, 0.29) is 0 Å². The van der Waals surface area contributed by atoms with Gasteiger partial charge in [-0.3, -0.25) is 0 Å². The molecule has 0 heterocycles. The molecule has 2 N–H and O–H groups in total. The largest absolute Gasteiger partial charge is 0.496 e. The molecular formula is C27H29O4P. The lowest BCUT2D eigenvalue weighted by Crippen LogP contribution is -1.86. The highest BCUT2D eigenvalue weighted by Gasteiger charge is 2.03. The Morgan fingerprint density at radius 2 is 0.781 bits per heavy atom. The molecule has 4 rings (SSSR count). The Morgan fingerprint density at radius 3 is 1.09 bits per heavy atom. The molecular weight excluding hydrogens is 419 g/mol. The summed E-state index contributed by atoms with van der Waals surface area (Å²) in [4.78, 5) is 15.4. The lowest BCUT2D eigenvalue weighted by molar-refractivity contribution is 0.416. The van der Waals surface area contributed by atoms with Crippen molar-refractivity contribution in [2.24, 2.45) is 0 Å². The van der Waals surface area contributed by atoms with E-state index in [1.54, 1.807) is 14.2 Å². The fourth-order valence-corrected chi connectivity index (χ4v) is 3.00. The van der Waals surface area contributed by atoms with Gasteiger partial charge in [0, 0.05) is 17.8 Å². The average Bonchev–Trinajstić information content (AvgIpc) is 2.85. The summed E-state index contributed by atoms with van der Waals surface area (Å²) in [6, 6.07) is 36.5. The number of para-hydroxylation sites is 2. The van der Waals surface area contributed by atoms with Crippen LogP contribution in [0.4, 0.5) is 0 Å². The summed E-state index contributed by atoms with van der Waals surface area (Å²) in [5.74, 6) is 1.83. The van der Waals surface area contributed by atoms with Crippen LogP contribution in [-0.2, 0) is 0 Å². The zero-order chi connectivity index (χ0) is 23.2. The fourth-order valence-electron chi connectivity index (χ4n) is 3.00. The maximum Gasteiger partial charge on any atom is 0.161 e. The number of hydrogen-bond acceptors (Lipinski definition) is 4. The first kappa shape index (κ1) is 25.1. The van der Waals surface area contributed by atoms with Crippen molar-refractivity contribution in [3.8, 4) is 33.8 Å². The lowest BCUT2D eigenvalue weighted by Gasteiger charge is -2.07. The molecule has 0 aliphatic rings. The second-order valence-electron chi connectivity index (χ2n) is 6.62. The first-order valence-electron chi connectivity index (χ1n) is 10.0. The van der Waals surface area contributed by atoms with Gasteiger partial charge in [0.15, 0.2) is 8.38 Å². The van der Waals surface area contributed by atoms with E-state index in [0.29, 0.717) is 0 Å². The SMILES string of the molecule is COc1ccccc1-c1ccccc1.COc1ccccc1-c1ccccc1.CP(O)O. The van der Waals surface area contributed by atoms with Gasteiger partial charge in [-0.1, -0.05) is 97.1 Å². The second kappa shape index (κ2) is 14.0. The topological polar surface area (TPSA) is 58.9 Å². The van der Waals surface area contributed by atoms with E-state index in [1.807, 2.05) is 72.8 Å². The number of methoxy groups -OCH3 is 2. The van der Waals surface area contributed by atoms with Crippen LogP contribution in [0.3, 0.4) is 0 Å². The normalized spacial score (nSPS) is 9.69. The Morgan fingerprint density at radius 1 is 0.500 bits per heavy atom. The average molecular weight is 448 g/mol. The number of hydrogen-bond donors (Lipinski definition) is 2. The Labute approximate surface area is 191 Å². The van der Waals surface area contributed by atoms with Crippen LogP contribution in [0, 0.1) is 0 Å². The zero-order valence-corrected chi connectivity index (χ0v) is 19.4. The summed E-state index contributed by atoms with van der Waals surface area (Å²) in [6.07, 6.45) is 0. The zero-order valence-electron chi connectivity index (χ0n) is 18.6. The van der Waals surface area contributed by atoms with Crippen molar-refractivity contribution in [1.29, 1.82) is 0 Å². The van der Waals surface area contributed by atoms with Crippen molar-refractivity contribution in [3.63, 3.8) is 0 Å². The molecule has 4 aromatic rings. The molecule has 166 valence electrons. The van der Waals surface area contributed by atoms with Crippen molar-refractivity contribution in [3.05, 3.63) is 109 Å². The van der Waals surface area contributed by atoms with Crippen LogP contribution in [0.5, 0.6) is 11.5 Å². The van der Waals surface area contributed by atoms with Crippen LogP contribution in [0.1, 0.15) is 0 Å². The summed E-state index contributed by atoms with van der Waals surface area (Å²) < 4.78 is 10.6. The maximum atomic E-state index is 7.68. The highest BCUT2D eigenvalue weighted by atomic mass is 31.2. The lowest BCUT2D eigenvalue weighted by atomic mass is 10.1. The van der Waals surface area contributed by atoms with Gasteiger partial charge in [0.25, 0.3) is 0 Å². The molecule has 0 atom stereocenters. The van der Waals surface area contributed by atoms with E-state index < -0.39 is 8.38 Å². The summed E-state index contributed by atoms with van der Waals surface area (Å²) in [5, 5.41) is 0. The predicted molar refractivity (Wildman–Crippen MR) is 134 cm³/mol. The van der Waals surface area contributed by atoms with Crippen molar-refractivity contribution < 1.29 is 19.3 Å². The molecule has 5 heteroatoms. The molecule has 0 unspecified atom stereocenters. The Kier molecular flexibility index (Phi) is 11.0. The molecule has 0 aliphatic carbocycles. The van der Waals surface area contributed by atoms with E-state index in [9.17, 15) is 0 Å². The van der Waals surface area contributed by atoms with Crippen LogP contribution in [-0.4, -0.2) is 30.7 Å². The monoisotopic (exact) mass is 448 g/mol. The van der Waals surface area contributed by atoms with Gasteiger partial charge in [0.1, 0.15) is 11.5 Å². The molecule has 0 saturated carbocycles. The molecule has 0 radical (unpaired) electrons. The molecule has 0 fully saturated rings. The van der Waals surface area contributed by atoms with Gasteiger partial charge in [0.2, 0.25) is 0 Å². The van der Waals surface area contributed by atoms with Crippen molar-refractivity contribution >= 4 is 8.38 Å². The van der Waals surface area contributed by atoms with E-state index >= 15 is 0 Å². The van der Waals surface area contributed by atoms with Gasteiger partial charge < -0.3 is 19.3 Å². The Hall–Kier alpha value is -3.17. The summed E-state index contributed by atoms with van der Waals surface area (Å²) >= 11 is 0. The van der Waals surface area contributed by atoms with Gasteiger partial charge in [0.05, 0.1) is 14.2 Å². The highest BCUT2D eigenvalue weighted by Crippen LogP contribution is 2.29. The number of rotatable bonds is 4. The number of benzene rings is 4. The maximum absolute atomic E-state index is 7.68. The van der Waals surface area contributed by atoms with E-state index in [0.717, 1.165) is 22.6 Å². The molecule has 32 heavy (non-hydrogen) atoms. The van der Waals surface area contributed by atoms with Gasteiger partial charge in [-0.15, -0.1) is 0 Å². The molecule has 4 nitrogen and oxygen atoms in total. The van der Waals surface area contributed by atoms with Gasteiger partial charge >= 0.3 is 0 Å². The summed E-state index contributed by atoms with van der Waals surface area (Å²) in [6.45, 7) is 1.34. The van der Waals surface area contributed by atoms with E-state index in [4.69, 9.17) is 19.3 Å². The third-order valence-corrected chi connectivity index (χ3v) is 4.38. The van der Waals surface area contributed by atoms with Crippen LogP contribution >= 0.6 is 8.38 Å². The summed E-state index contributed by atoms with van der Waals surface area (Å²) in [7, 11) is 1.77. The molecule has 0 aliphatic heterocycles. The minimum atomic E-state index is -1.62. The third-order valence-electron chi connectivity index (χ3n) is 4.38. The van der Waals surface area contributed by atoms with Crippen LogP contribution in [0.25, 0.3) is 22.3 Å². The Bertz CT molecular complexity index is 952. The Balaban J connectivity index is 0.000000195. The van der Waals surface area contributed by atoms with Crippen LogP contribution in [0.15, 0.2) is 109 Å². The van der Waals surface area contributed by atoms with Gasteiger partial charge in [-0.25, -0.2) is 0 Å². The van der Waals surface area contributed by atoms with Crippen LogP contribution in [0.2, 0.25) is 0 Å².